The number of rotatable bonds is 6. The van der Waals surface area contributed by atoms with E-state index in [0.717, 1.165) is 29.3 Å². The molecule has 0 bridgehead atoms. The average Bonchev–Trinajstić information content (AvgIpc) is 2.83. The molecule has 1 N–H and O–H groups in total. The van der Waals surface area contributed by atoms with Gasteiger partial charge in [0.15, 0.2) is 0 Å². The summed E-state index contributed by atoms with van der Waals surface area (Å²) in [5.41, 5.74) is 5.71. The Morgan fingerprint density at radius 2 is 2.06 bits per heavy atom. The third-order valence-corrected chi connectivity index (χ3v) is 5.85. The molecule has 32 heavy (non-hydrogen) atoms. The lowest BCUT2D eigenvalue weighted by Crippen LogP contribution is -2.45. The van der Waals surface area contributed by atoms with Gasteiger partial charge in [0, 0.05) is 30.2 Å². The molecule has 0 aliphatic carbocycles. The second kappa shape index (κ2) is 9.86. The molecule has 0 radical (unpaired) electrons. The Hall–Kier alpha value is -3.34. The average molecular weight is 432 g/mol. The summed E-state index contributed by atoms with van der Waals surface area (Å²) in [6.07, 6.45) is 3.40. The predicted molar refractivity (Wildman–Crippen MR) is 119 cm³/mol. The number of pyridine rings is 1. The minimum absolute atomic E-state index is 0.0955. The van der Waals surface area contributed by atoms with Crippen LogP contribution in [0.1, 0.15) is 47.4 Å². The molecule has 0 spiro atoms. The highest BCUT2D eigenvalue weighted by atomic mass is 19.1. The molecular formula is C25H25FN4O2. The normalized spacial score (nSPS) is 18.4. The fraction of sp³-hybridized carbons (Fsp3) is 0.320. The zero-order valence-corrected chi connectivity index (χ0v) is 17.9. The van der Waals surface area contributed by atoms with Crippen LogP contribution in [0.15, 0.2) is 54.7 Å². The van der Waals surface area contributed by atoms with Crippen LogP contribution in [0.3, 0.4) is 0 Å². The van der Waals surface area contributed by atoms with Crippen molar-refractivity contribution < 1.29 is 13.9 Å². The number of benzene rings is 2. The Morgan fingerprint density at radius 3 is 2.75 bits per heavy atom. The van der Waals surface area contributed by atoms with E-state index in [9.17, 15) is 9.18 Å². The van der Waals surface area contributed by atoms with Gasteiger partial charge in [-0.05, 0) is 72.9 Å². The second-order valence-corrected chi connectivity index (χ2v) is 8.00. The summed E-state index contributed by atoms with van der Waals surface area (Å²) in [5.74, 6) is -0.203. The highest BCUT2D eigenvalue weighted by Crippen LogP contribution is 2.34. The first kappa shape index (κ1) is 21.9. The van der Waals surface area contributed by atoms with Gasteiger partial charge < -0.3 is 4.74 Å². The SMILES string of the molecule is CCN(CC1CCC(c2ccnc3ccc(F)cc23)OC1)NC(=O)c1ccc(C#N)cc1. The number of fused-ring (bicyclic) bond motifs is 1. The first-order chi connectivity index (χ1) is 15.6. The Labute approximate surface area is 186 Å². The number of amides is 1. The summed E-state index contributed by atoms with van der Waals surface area (Å²) in [6.45, 7) is 3.89. The minimum Gasteiger partial charge on any atom is -0.373 e. The van der Waals surface area contributed by atoms with E-state index in [1.165, 1.54) is 12.1 Å². The number of nitrogens with zero attached hydrogens (tertiary/aromatic N) is 3. The van der Waals surface area contributed by atoms with Crippen LogP contribution in [0.2, 0.25) is 0 Å². The van der Waals surface area contributed by atoms with Crippen LogP contribution < -0.4 is 5.43 Å². The van der Waals surface area contributed by atoms with Gasteiger partial charge in [-0.2, -0.15) is 5.26 Å². The van der Waals surface area contributed by atoms with Crippen LogP contribution in [-0.4, -0.2) is 35.6 Å². The van der Waals surface area contributed by atoms with Gasteiger partial charge >= 0.3 is 0 Å². The van der Waals surface area contributed by atoms with Crippen molar-refractivity contribution in [3.05, 3.63) is 77.2 Å². The number of carbonyl (C=O) groups excluding carboxylic acids is 1. The predicted octanol–water partition coefficient (Wildman–Crippen LogP) is 4.38. The summed E-state index contributed by atoms with van der Waals surface area (Å²) in [5, 5.41) is 11.6. The molecule has 1 aromatic heterocycles. The zero-order chi connectivity index (χ0) is 22.5. The van der Waals surface area contributed by atoms with E-state index in [4.69, 9.17) is 10.00 Å². The topological polar surface area (TPSA) is 78.2 Å². The third-order valence-electron chi connectivity index (χ3n) is 5.85. The van der Waals surface area contributed by atoms with Crippen molar-refractivity contribution in [2.45, 2.75) is 25.9 Å². The Kier molecular flexibility index (Phi) is 6.74. The van der Waals surface area contributed by atoms with Crippen molar-refractivity contribution in [1.29, 1.82) is 5.26 Å². The number of carbonyl (C=O) groups is 1. The van der Waals surface area contributed by atoms with Gasteiger partial charge in [0.1, 0.15) is 5.82 Å². The summed E-state index contributed by atoms with van der Waals surface area (Å²) in [4.78, 5) is 16.9. The van der Waals surface area contributed by atoms with Crippen LogP contribution in [0.4, 0.5) is 4.39 Å². The van der Waals surface area contributed by atoms with E-state index in [0.29, 0.717) is 30.8 Å². The Bertz CT molecular complexity index is 1130. The maximum atomic E-state index is 13.8. The fourth-order valence-corrected chi connectivity index (χ4v) is 4.09. The smallest absolute Gasteiger partial charge is 0.265 e. The van der Waals surface area contributed by atoms with Gasteiger partial charge in [-0.15, -0.1) is 0 Å². The lowest BCUT2D eigenvalue weighted by molar-refractivity contribution is -0.0286. The summed E-state index contributed by atoms with van der Waals surface area (Å²) >= 11 is 0. The lowest BCUT2D eigenvalue weighted by atomic mass is 9.93. The van der Waals surface area contributed by atoms with Gasteiger partial charge in [-0.3, -0.25) is 15.2 Å². The largest absolute Gasteiger partial charge is 0.373 e. The third kappa shape index (κ3) is 4.93. The van der Waals surface area contributed by atoms with E-state index >= 15 is 0 Å². The Morgan fingerprint density at radius 1 is 1.25 bits per heavy atom. The lowest BCUT2D eigenvalue weighted by Gasteiger charge is -2.33. The summed E-state index contributed by atoms with van der Waals surface area (Å²) in [6, 6.07) is 15.2. The number of hydrogen-bond donors (Lipinski definition) is 1. The summed E-state index contributed by atoms with van der Waals surface area (Å²) in [7, 11) is 0. The number of hydrazine groups is 1. The van der Waals surface area contributed by atoms with Crippen molar-refractivity contribution in [3.63, 3.8) is 0 Å². The van der Waals surface area contributed by atoms with Crippen LogP contribution in [0.25, 0.3) is 10.9 Å². The van der Waals surface area contributed by atoms with Crippen LogP contribution in [0, 0.1) is 23.1 Å². The van der Waals surface area contributed by atoms with Crippen LogP contribution in [-0.2, 0) is 4.74 Å². The zero-order valence-electron chi connectivity index (χ0n) is 17.9. The number of ether oxygens (including phenoxy) is 1. The molecule has 2 unspecified atom stereocenters. The van der Waals surface area contributed by atoms with Crippen molar-refractivity contribution in [3.8, 4) is 6.07 Å². The number of nitrogens with one attached hydrogen (secondary N) is 1. The van der Waals surface area contributed by atoms with Crippen molar-refractivity contribution in [2.24, 2.45) is 5.92 Å². The monoisotopic (exact) mass is 432 g/mol. The number of aromatic nitrogens is 1. The molecule has 1 amide bonds. The second-order valence-electron chi connectivity index (χ2n) is 8.00. The van der Waals surface area contributed by atoms with Crippen molar-refractivity contribution in [1.82, 2.24) is 15.4 Å². The van der Waals surface area contributed by atoms with Gasteiger partial charge in [0.25, 0.3) is 5.91 Å². The molecule has 3 aromatic rings. The standard InChI is InChI=1S/C25H25FN4O2/c1-2-30(29-25(31)19-6-3-17(14-27)4-7-19)15-18-5-10-24(32-16-18)21-11-12-28-23-9-8-20(26)13-22(21)23/h3-4,6-9,11-13,18,24H,2,5,10,15-16H2,1H3,(H,29,31). The highest BCUT2D eigenvalue weighted by Gasteiger charge is 2.26. The quantitative estimate of drug-likeness (QED) is 0.585. The van der Waals surface area contributed by atoms with E-state index < -0.39 is 0 Å². The molecule has 6 nitrogen and oxygen atoms in total. The van der Waals surface area contributed by atoms with E-state index in [1.807, 2.05) is 24.1 Å². The summed E-state index contributed by atoms with van der Waals surface area (Å²) < 4.78 is 19.9. The van der Waals surface area contributed by atoms with Crippen LogP contribution in [0.5, 0.6) is 0 Å². The molecule has 1 saturated heterocycles. The van der Waals surface area contributed by atoms with E-state index in [1.54, 1.807) is 36.5 Å². The van der Waals surface area contributed by atoms with E-state index in [-0.39, 0.29) is 23.7 Å². The van der Waals surface area contributed by atoms with Gasteiger partial charge in [0.05, 0.1) is 29.9 Å². The molecule has 0 saturated carbocycles. The van der Waals surface area contributed by atoms with Gasteiger partial charge in [-0.1, -0.05) is 6.92 Å². The highest BCUT2D eigenvalue weighted by molar-refractivity contribution is 5.93. The fourth-order valence-electron chi connectivity index (χ4n) is 4.09. The first-order valence-electron chi connectivity index (χ1n) is 10.8. The molecule has 4 rings (SSSR count). The maximum Gasteiger partial charge on any atom is 0.265 e. The molecule has 1 fully saturated rings. The number of halogens is 1. The molecule has 7 heteroatoms. The number of hydrogen-bond acceptors (Lipinski definition) is 5. The molecule has 164 valence electrons. The first-order valence-corrected chi connectivity index (χ1v) is 10.8. The molecule has 2 aromatic carbocycles. The molecule has 2 heterocycles. The number of nitriles is 1. The molecule has 1 aliphatic heterocycles. The van der Waals surface area contributed by atoms with E-state index in [2.05, 4.69) is 10.4 Å². The van der Waals surface area contributed by atoms with Gasteiger partial charge in [0.2, 0.25) is 0 Å². The maximum absolute atomic E-state index is 13.8. The molecule has 1 aliphatic rings. The minimum atomic E-state index is -0.281. The van der Waals surface area contributed by atoms with Crippen LogP contribution >= 0.6 is 0 Å². The van der Waals surface area contributed by atoms with Gasteiger partial charge in [-0.25, -0.2) is 9.40 Å². The van der Waals surface area contributed by atoms with Crippen molar-refractivity contribution in [2.75, 3.05) is 19.7 Å². The van der Waals surface area contributed by atoms with Crippen molar-refractivity contribution >= 4 is 16.8 Å². The Balaban J connectivity index is 1.35. The molecular weight excluding hydrogens is 407 g/mol. The molecule has 2 atom stereocenters.